The fraction of sp³-hybridized carbons (Fsp3) is 0.185. The van der Waals surface area contributed by atoms with Crippen LogP contribution in [-0.2, 0) is 0 Å². The number of pyridine rings is 2. The van der Waals surface area contributed by atoms with Gasteiger partial charge in [0.05, 0.1) is 12.3 Å². The van der Waals surface area contributed by atoms with Crippen LogP contribution in [0.5, 0.6) is 5.75 Å². The van der Waals surface area contributed by atoms with E-state index in [1.807, 2.05) is 55.5 Å². The summed E-state index contributed by atoms with van der Waals surface area (Å²) in [5.74, 6) is 1.49. The van der Waals surface area contributed by atoms with E-state index < -0.39 is 0 Å². The third kappa shape index (κ3) is 5.30. The molecule has 6 heteroatoms. The lowest BCUT2D eigenvalue weighted by Gasteiger charge is -2.18. The number of aliphatic hydroxyl groups excluding tert-OH is 1. The van der Waals surface area contributed by atoms with Gasteiger partial charge in [0, 0.05) is 35.1 Å². The molecule has 0 bridgehead atoms. The number of para-hydroxylation sites is 2. The number of aliphatic hydroxyl groups is 1. The summed E-state index contributed by atoms with van der Waals surface area (Å²) in [5.41, 5.74) is 5.81. The van der Waals surface area contributed by atoms with Crippen molar-refractivity contribution in [2.75, 3.05) is 30.4 Å². The maximum absolute atomic E-state index is 9.20. The zero-order chi connectivity index (χ0) is 23.0. The predicted octanol–water partition coefficient (Wildman–Crippen LogP) is 5.49. The van der Waals surface area contributed by atoms with Gasteiger partial charge < -0.3 is 20.5 Å². The minimum absolute atomic E-state index is 0.0478. The van der Waals surface area contributed by atoms with Crippen LogP contribution in [0.15, 0.2) is 72.9 Å². The SMILES string of the molecule is Cc1ccccc1Nc1c(C=CCNc2ccccn2)c(C)nc2c(OCCO)cccc12. The number of benzene rings is 2. The maximum atomic E-state index is 9.20. The van der Waals surface area contributed by atoms with Crippen LogP contribution in [0.4, 0.5) is 17.2 Å². The molecular weight excluding hydrogens is 412 g/mol. The Labute approximate surface area is 194 Å². The molecule has 0 aliphatic carbocycles. The number of anilines is 3. The summed E-state index contributed by atoms with van der Waals surface area (Å²) in [4.78, 5) is 9.16. The van der Waals surface area contributed by atoms with Gasteiger partial charge in [-0.1, -0.05) is 48.6 Å². The summed E-state index contributed by atoms with van der Waals surface area (Å²) >= 11 is 0. The molecule has 0 aliphatic rings. The first kappa shape index (κ1) is 22.3. The van der Waals surface area contributed by atoms with Crippen molar-refractivity contribution >= 4 is 34.2 Å². The van der Waals surface area contributed by atoms with Crippen molar-refractivity contribution in [2.24, 2.45) is 0 Å². The Kier molecular flexibility index (Phi) is 7.17. The maximum Gasteiger partial charge on any atom is 0.145 e. The molecule has 2 aromatic heterocycles. The predicted molar refractivity (Wildman–Crippen MR) is 135 cm³/mol. The Bertz CT molecular complexity index is 1260. The third-order valence-electron chi connectivity index (χ3n) is 5.31. The summed E-state index contributed by atoms with van der Waals surface area (Å²) in [6.07, 6.45) is 5.92. The van der Waals surface area contributed by atoms with Gasteiger partial charge in [-0.3, -0.25) is 0 Å². The fourth-order valence-electron chi connectivity index (χ4n) is 3.66. The highest BCUT2D eigenvalue weighted by Gasteiger charge is 2.15. The van der Waals surface area contributed by atoms with E-state index in [4.69, 9.17) is 9.72 Å². The number of hydrogen-bond acceptors (Lipinski definition) is 6. The van der Waals surface area contributed by atoms with E-state index in [2.05, 4.69) is 46.8 Å². The molecule has 0 spiro atoms. The first-order valence-corrected chi connectivity index (χ1v) is 11.0. The van der Waals surface area contributed by atoms with Crippen LogP contribution in [0.25, 0.3) is 17.0 Å². The van der Waals surface area contributed by atoms with Gasteiger partial charge in [0.1, 0.15) is 23.7 Å². The Balaban J connectivity index is 1.74. The Morgan fingerprint density at radius 3 is 2.64 bits per heavy atom. The summed E-state index contributed by atoms with van der Waals surface area (Å²) < 4.78 is 5.76. The highest BCUT2D eigenvalue weighted by atomic mass is 16.5. The number of nitrogens with zero attached hydrogens (tertiary/aromatic N) is 2. The van der Waals surface area contributed by atoms with Crippen LogP contribution in [0, 0.1) is 13.8 Å². The molecule has 2 aromatic carbocycles. The summed E-state index contributed by atoms with van der Waals surface area (Å²) in [7, 11) is 0. The molecular formula is C27H28N4O2. The number of nitrogens with one attached hydrogen (secondary N) is 2. The molecule has 0 atom stereocenters. The zero-order valence-corrected chi connectivity index (χ0v) is 18.9. The van der Waals surface area contributed by atoms with E-state index in [0.29, 0.717) is 12.3 Å². The zero-order valence-electron chi connectivity index (χ0n) is 18.9. The fourth-order valence-corrected chi connectivity index (χ4v) is 3.66. The molecule has 0 saturated heterocycles. The highest BCUT2D eigenvalue weighted by molar-refractivity contribution is 6.00. The number of aromatic nitrogens is 2. The van der Waals surface area contributed by atoms with Crippen molar-refractivity contribution in [2.45, 2.75) is 13.8 Å². The van der Waals surface area contributed by atoms with Crippen molar-refractivity contribution in [3.05, 3.63) is 89.8 Å². The first-order chi connectivity index (χ1) is 16.2. The molecule has 3 N–H and O–H groups in total. The van der Waals surface area contributed by atoms with Crippen LogP contribution in [0.3, 0.4) is 0 Å². The normalized spacial score (nSPS) is 11.1. The van der Waals surface area contributed by atoms with Gasteiger partial charge in [-0.15, -0.1) is 0 Å². The van der Waals surface area contributed by atoms with Crippen LogP contribution >= 0.6 is 0 Å². The quantitative estimate of drug-likeness (QED) is 0.320. The van der Waals surface area contributed by atoms with E-state index in [1.165, 1.54) is 0 Å². The van der Waals surface area contributed by atoms with Crippen LogP contribution in [0.2, 0.25) is 0 Å². The van der Waals surface area contributed by atoms with Gasteiger partial charge in [0.25, 0.3) is 0 Å². The number of ether oxygens (including phenoxy) is 1. The molecule has 0 amide bonds. The molecule has 0 aliphatic heterocycles. The first-order valence-electron chi connectivity index (χ1n) is 11.0. The molecule has 6 nitrogen and oxygen atoms in total. The molecule has 33 heavy (non-hydrogen) atoms. The smallest absolute Gasteiger partial charge is 0.145 e. The molecule has 0 saturated carbocycles. The lowest BCUT2D eigenvalue weighted by Crippen LogP contribution is -2.05. The largest absolute Gasteiger partial charge is 0.489 e. The Morgan fingerprint density at radius 1 is 1.00 bits per heavy atom. The summed E-state index contributed by atoms with van der Waals surface area (Å²) in [6, 6.07) is 19.9. The van der Waals surface area contributed by atoms with Gasteiger partial charge in [-0.05, 0) is 43.7 Å². The minimum atomic E-state index is -0.0478. The topological polar surface area (TPSA) is 79.3 Å². The average molecular weight is 441 g/mol. The van der Waals surface area contributed by atoms with Crippen molar-refractivity contribution in [3.63, 3.8) is 0 Å². The lowest BCUT2D eigenvalue weighted by atomic mass is 10.0. The second-order valence-corrected chi connectivity index (χ2v) is 7.65. The second kappa shape index (κ2) is 10.6. The molecule has 0 fully saturated rings. The van der Waals surface area contributed by atoms with Crippen molar-refractivity contribution in [1.82, 2.24) is 9.97 Å². The second-order valence-electron chi connectivity index (χ2n) is 7.65. The summed E-state index contributed by atoms with van der Waals surface area (Å²) in [6.45, 7) is 4.89. The number of hydrogen-bond donors (Lipinski definition) is 3. The van der Waals surface area contributed by atoms with Crippen molar-refractivity contribution in [3.8, 4) is 5.75 Å². The van der Waals surface area contributed by atoms with Gasteiger partial charge in [-0.25, -0.2) is 9.97 Å². The van der Waals surface area contributed by atoms with Gasteiger partial charge in [0.2, 0.25) is 0 Å². The Hall–Kier alpha value is -3.90. The minimum Gasteiger partial charge on any atom is -0.489 e. The molecule has 0 radical (unpaired) electrons. The molecule has 0 unspecified atom stereocenters. The van der Waals surface area contributed by atoms with Crippen LogP contribution in [-0.4, -0.2) is 34.8 Å². The third-order valence-corrected chi connectivity index (χ3v) is 5.31. The Morgan fingerprint density at radius 2 is 1.85 bits per heavy atom. The van der Waals surface area contributed by atoms with Crippen LogP contribution < -0.4 is 15.4 Å². The monoisotopic (exact) mass is 440 g/mol. The number of aryl methyl sites for hydroxylation is 2. The van der Waals surface area contributed by atoms with Gasteiger partial charge in [0.15, 0.2) is 0 Å². The molecule has 2 heterocycles. The van der Waals surface area contributed by atoms with E-state index in [9.17, 15) is 5.11 Å². The lowest BCUT2D eigenvalue weighted by molar-refractivity contribution is 0.202. The molecule has 4 rings (SSSR count). The van der Waals surface area contributed by atoms with E-state index in [0.717, 1.165) is 44.9 Å². The standard InChI is InChI=1S/C27H28N4O2/c1-19-9-3-4-12-23(19)31-26-21(11-8-16-29-25-14-5-6-15-28-25)20(2)30-27-22(26)10-7-13-24(27)33-18-17-32/h3-15,32H,16-18H2,1-2H3,(H,28,29)(H,30,31). The van der Waals surface area contributed by atoms with Crippen molar-refractivity contribution in [1.29, 1.82) is 0 Å². The van der Waals surface area contributed by atoms with E-state index >= 15 is 0 Å². The highest BCUT2D eigenvalue weighted by Crippen LogP contribution is 2.36. The van der Waals surface area contributed by atoms with Crippen LogP contribution in [0.1, 0.15) is 16.8 Å². The molecule has 168 valence electrons. The molecule has 4 aromatic rings. The summed E-state index contributed by atoms with van der Waals surface area (Å²) in [5, 5.41) is 17.1. The number of rotatable bonds is 9. The van der Waals surface area contributed by atoms with E-state index in [1.54, 1.807) is 6.20 Å². The van der Waals surface area contributed by atoms with Gasteiger partial charge >= 0.3 is 0 Å². The van der Waals surface area contributed by atoms with Gasteiger partial charge in [-0.2, -0.15) is 0 Å². The average Bonchev–Trinajstić information content (AvgIpc) is 2.84. The van der Waals surface area contributed by atoms with E-state index in [-0.39, 0.29) is 13.2 Å². The number of fused-ring (bicyclic) bond motifs is 1. The van der Waals surface area contributed by atoms with Crippen molar-refractivity contribution < 1.29 is 9.84 Å².